The van der Waals surface area contributed by atoms with Gasteiger partial charge >= 0.3 is 0 Å². The van der Waals surface area contributed by atoms with Crippen LogP contribution in [0.4, 0.5) is 5.69 Å². The van der Waals surface area contributed by atoms with Crippen LogP contribution in [-0.4, -0.2) is 43.8 Å². The number of aromatic nitrogens is 2. The summed E-state index contributed by atoms with van der Waals surface area (Å²) < 4.78 is 5.23. The third-order valence-electron chi connectivity index (χ3n) is 3.35. The Kier molecular flexibility index (Phi) is 5.41. The van der Waals surface area contributed by atoms with Crippen LogP contribution in [0.15, 0.2) is 28.8 Å². The van der Waals surface area contributed by atoms with Gasteiger partial charge in [-0.15, -0.1) is 0 Å². The van der Waals surface area contributed by atoms with Gasteiger partial charge in [-0.05, 0) is 20.8 Å². The second-order valence-corrected chi connectivity index (χ2v) is 5.69. The Hall–Kier alpha value is -2.32. The predicted molar refractivity (Wildman–Crippen MR) is 83.6 cm³/mol. The molecule has 0 amide bonds. The number of nitro benzene ring substituents is 1. The fourth-order valence-electron chi connectivity index (χ4n) is 2.17. The van der Waals surface area contributed by atoms with E-state index in [2.05, 4.69) is 10.1 Å². The van der Waals surface area contributed by atoms with Crippen LogP contribution in [0.25, 0.3) is 11.4 Å². The Morgan fingerprint density at radius 3 is 2.74 bits per heavy atom. The van der Waals surface area contributed by atoms with E-state index in [1.54, 1.807) is 19.1 Å². The van der Waals surface area contributed by atoms with Gasteiger partial charge in [-0.3, -0.25) is 15.0 Å². The summed E-state index contributed by atoms with van der Waals surface area (Å²) in [4.78, 5) is 16.7. The first-order valence-corrected chi connectivity index (χ1v) is 7.36. The molecule has 0 aliphatic rings. The van der Waals surface area contributed by atoms with Crippen molar-refractivity contribution in [3.63, 3.8) is 0 Å². The van der Waals surface area contributed by atoms with Crippen molar-refractivity contribution < 1.29 is 14.6 Å². The van der Waals surface area contributed by atoms with Crippen LogP contribution < -0.4 is 0 Å². The van der Waals surface area contributed by atoms with Crippen LogP contribution in [-0.2, 0) is 6.54 Å². The third-order valence-corrected chi connectivity index (χ3v) is 3.35. The zero-order valence-electron chi connectivity index (χ0n) is 13.3. The molecule has 23 heavy (non-hydrogen) atoms. The van der Waals surface area contributed by atoms with E-state index in [1.165, 1.54) is 12.1 Å². The largest absolute Gasteiger partial charge is 0.392 e. The highest BCUT2D eigenvalue weighted by molar-refractivity contribution is 5.58. The first-order chi connectivity index (χ1) is 10.9. The van der Waals surface area contributed by atoms with Gasteiger partial charge in [0.25, 0.3) is 5.69 Å². The number of hydrogen-bond acceptors (Lipinski definition) is 7. The maximum Gasteiger partial charge on any atom is 0.270 e. The van der Waals surface area contributed by atoms with Crippen LogP contribution >= 0.6 is 0 Å². The van der Waals surface area contributed by atoms with Crippen LogP contribution in [0.3, 0.4) is 0 Å². The minimum Gasteiger partial charge on any atom is -0.392 e. The Labute approximate surface area is 133 Å². The minimum atomic E-state index is -0.465. The van der Waals surface area contributed by atoms with Crippen LogP contribution in [0.5, 0.6) is 0 Å². The third kappa shape index (κ3) is 4.57. The monoisotopic (exact) mass is 320 g/mol. The maximum atomic E-state index is 10.8. The van der Waals surface area contributed by atoms with E-state index in [0.29, 0.717) is 30.4 Å². The molecule has 1 N–H and O–H groups in total. The van der Waals surface area contributed by atoms with E-state index >= 15 is 0 Å². The second-order valence-electron chi connectivity index (χ2n) is 5.69. The van der Waals surface area contributed by atoms with Gasteiger partial charge < -0.3 is 9.63 Å². The molecule has 0 saturated carbocycles. The van der Waals surface area contributed by atoms with Crippen molar-refractivity contribution in [1.29, 1.82) is 0 Å². The highest BCUT2D eigenvalue weighted by Gasteiger charge is 2.18. The summed E-state index contributed by atoms with van der Waals surface area (Å²) in [7, 11) is 0. The van der Waals surface area contributed by atoms with Crippen LogP contribution in [0.1, 0.15) is 26.7 Å². The van der Waals surface area contributed by atoms with Gasteiger partial charge in [0.05, 0.1) is 17.6 Å². The summed E-state index contributed by atoms with van der Waals surface area (Å²) in [6, 6.07) is 6.30. The number of benzene rings is 1. The average Bonchev–Trinajstić information content (AvgIpc) is 2.94. The van der Waals surface area contributed by atoms with Gasteiger partial charge in [-0.2, -0.15) is 4.98 Å². The fourth-order valence-corrected chi connectivity index (χ4v) is 2.17. The first-order valence-electron chi connectivity index (χ1n) is 7.36. The van der Waals surface area contributed by atoms with Crippen molar-refractivity contribution in [2.75, 3.05) is 6.54 Å². The van der Waals surface area contributed by atoms with Crippen molar-refractivity contribution in [3.05, 3.63) is 40.3 Å². The molecule has 8 nitrogen and oxygen atoms in total. The zero-order chi connectivity index (χ0) is 17.0. The van der Waals surface area contributed by atoms with Crippen LogP contribution in [0.2, 0.25) is 0 Å². The highest BCUT2D eigenvalue weighted by Crippen LogP contribution is 2.21. The lowest BCUT2D eigenvalue weighted by molar-refractivity contribution is -0.384. The van der Waals surface area contributed by atoms with E-state index < -0.39 is 11.0 Å². The molecule has 0 aliphatic carbocycles. The molecule has 124 valence electrons. The second kappa shape index (κ2) is 7.30. The summed E-state index contributed by atoms with van der Waals surface area (Å²) in [5.41, 5.74) is 0.507. The molecule has 1 aromatic carbocycles. The standard InChI is InChI=1S/C15H20N4O4/c1-10(2)18(8-11(3)20)9-14-16-15(17-23-14)12-5-4-6-13(7-12)19(21)22/h4-7,10-11,20H,8-9H2,1-3H3. The Morgan fingerprint density at radius 1 is 1.39 bits per heavy atom. The minimum absolute atomic E-state index is 0.0215. The van der Waals surface area contributed by atoms with E-state index in [1.807, 2.05) is 18.7 Å². The number of hydrogen-bond donors (Lipinski definition) is 1. The Morgan fingerprint density at radius 2 is 2.13 bits per heavy atom. The molecule has 1 aromatic heterocycles. The van der Waals surface area contributed by atoms with E-state index in [0.717, 1.165) is 0 Å². The average molecular weight is 320 g/mol. The highest BCUT2D eigenvalue weighted by atomic mass is 16.6. The zero-order valence-corrected chi connectivity index (χ0v) is 13.3. The topological polar surface area (TPSA) is 106 Å². The molecule has 2 rings (SSSR count). The molecule has 2 aromatic rings. The molecule has 0 saturated heterocycles. The van der Waals surface area contributed by atoms with Gasteiger partial charge in [-0.1, -0.05) is 17.3 Å². The lowest BCUT2D eigenvalue weighted by Crippen LogP contribution is -2.36. The molecule has 0 radical (unpaired) electrons. The Bertz CT molecular complexity index is 669. The molecule has 1 atom stereocenters. The molecule has 0 fully saturated rings. The van der Waals surface area contributed by atoms with Gasteiger partial charge in [0.1, 0.15) is 0 Å². The molecular formula is C15H20N4O4. The summed E-state index contributed by atoms with van der Waals surface area (Å²) in [5, 5.41) is 24.2. The molecule has 0 bridgehead atoms. The van der Waals surface area contributed by atoms with Crippen molar-refractivity contribution in [2.45, 2.75) is 39.5 Å². The number of nitrogens with zero attached hydrogens (tertiary/aromatic N) is 4. The normalized spacial score (nSPS) is 12.8. The van der Waals surface area contributed by atoms with Crippen molar-refractivity contribution in [1.82, 2.24) is 15.0 Å². The van der Waals surface area contributed by atoms with E-state index in [-0.39, 0.29) is 11.7 Å². The van der Waals surface area contributed by atoms with Crippen molar-refractivity contribution in [3.8, 4) is 11.4 Å². The van der Waals surface area contributed by atoms with Gasteiger partial charge in [-0.25, -0.2) is 0 Å². The fraction of sp³-hybridized carbons (Fsp3) is 0.467. The van der Waals surface area contributed by atoms with E-state index in [9.17, 15) is 15.2 Å². The van der Waals surface area contributed by atoms with Gasteiger partial charge in [0.15, 0.2) is 0 Å². The smallest absolute Gasteiger partial charge is 0.270 e. The number of aliphatic hydroxyl groups excluding tert-OH is 1. The van der Waals surface area contributed by atoms with Gasteiger partial charge in [0.2, 0.25) is 11.7 Å². The summed E-state index contributed by atoms with van der Waals surface area (Å²) in [6.07, 6.45) is -0.462. The number of rotatable bonds is 7. The summed E-state index contributed by atoms with van der Waals surface area (Å²) in [5.74, 6) is 0.713. The first kappa shape index (κ1) is 17.0. The maximum absolute atomic E-state index is 10.8. The molecule has 0 spiro atoms. The predicted octanol–water partition coefficient (Wildman–Crippen LogP) is 2.24. The van der Waals surface area contributed by atoms with Crippen LogP contribution in [0, 0.1) is 10.1 Å². The number of non-ortho nitro benzene ring substituents is 1. The van der Waals surface area contributed by atoms with Crippen molar-refractivity contribution >= 4 is 5.69 Å². The SMILES string of the molecule is CC(O)CN(Cc1nc(-c2cccc([N+](=O)[O-])c2)no1)C(C)C. The lowest BCUT2D eigenvalue weighted by Gasteiger charge is -2.25. The molecule has 0 aliphatic heterocycles. The molecule has 1 heterocycles. The van der Waals surface area contributed by atoms with Gasteiger partial charge in [0, 0.05) is 30.3 Å². The van der Waals surface area contributed by atoms with E-state index in [4.69, 9.17) is 4.52 Å². The number of nitro groups is 1. The number of aliphatic hydroxyl groups is 1. The van der Waals surface area contributed by atoms with Crippen molar-refractivity contribution in [2.24, 2.45) is 0 Å². The molecule has 8 heteroatoms. The molecule has 1 unspecified atom stereocenters. The quantitative estimate of drug-likeness (QED) is 0.616. The summed E-state index contributed by atoms with van der Waals surface area (Å²) >= 11 is 0. The Balaban J connectivity index is 2.17. The lowest BCUT2D eigenvalue weighted by atomic mass is 10.2. The molecular weight excluding hydrogens is 300 g/mol. The summed E-state index contributed by atoms with van der Waals surface area (Å²) in [6.45, 7) is 6.65.